The van der Waals surface area contributed by atoms with Crippen LogP contribution in [0.2, 0.25) is 5.02 Å². The highest BCUT2D eigenvalue weighted by Crippen LogP contribution is 2.21. The highest BCUT2D eigenvalue weighted by atomic mass is 35.5. The number of halogens is 1. The van der Waals surface area contributed by atoms with Gasteiger partial charge in [0.15, 0.2) is 6.10 Å². The monoisotopic (exact) mass is 429 g/mol. The maximum absolute atomic E-state index is 12.9. The second-order valence-corrected chi connectivity index (χ2v) is 8.83. The summed E-state index contributed by atoms with van der Waals surface area (Å²) in [6.45, 7) is 6.72. The van der Waals surface area contributed by atoms with Gasteiger partial charge in [0.05, 0.1) is 19.4 Å². The van der Waals surface area contributed by atoms with Crippen molar-refractivity contribution in [1.29, 1.82) is 0 Å². The smallest absolute Gasteiger partial charge is 0.318 e. The van der Waals surface area contributed by atoms with Gasteiger partial charge in [0.2, 0.25) is 0 Å². The molecular formula is C23H28ClN3O3. The highest BCUT2D eigenvalue weighted by Gasteiger charge is 2.28. The predicted molar refractivity (Wildman–Crippen MR) is 119 cm³/mol. The number of hydrogen-bond donors (Lipinski definition) is 1. The Morgan fingerprint density at radius 1 is 1.27 bits per heavy atom. The molecule has 1 aliphatic rings. The van der Waals surface area contributed by atoms with E-state index in [1.807, 2.05) is 69.3 Å². The molecule has 7 heteroatoms. The van der Waals surface area contributed by atoms with E-state index in [4.69, 9.17) is 21.2 Å². The molecule has 0 unspecified atom stereocenters. The van der Waals surface area contributed by atoms with Crippen LogP contribution in [0, 0.1) is 0 Å². The number of hydrogen-bond acceptors (Lipinski definition) is 4. The molecule has 2 amide bonds. The van der Waals surface area contributed by atoms with Crippen LogP contribution in [0.5, 0.6) is 5.75 Å². The van der Waals surface area contributed by atoms with E-state index >= 15 is 0 Å². The van der Waals surface area contributed by atoms with E-state index in [1.165, 1.54) is 0 Å². The number of carbonyl (C=O) groups excluding carboxylic acids is 1. The van der Waals surface area contributed by atoms with Crippen LogP contribution in [0.1, 0.15) is 38.3 Å². The average Bonchev–Trinajstić information content (AvgIpc) is 3.15. The van der Waals surface area contributed by atoms with Crippen LogP contribution in [0.3, 0.4) is 0 Å². The van der Waals surface area contributed by atoms with Crippen molar-refractivity contribution in [3.05, 3.63) is 64.7 Å². The lowest BCUT2D eigenvalue weighted by Gasteiger charge is -2.29. The Hall–Kier alpha value is -2.73. The Bertz CT molecular complexity index is 907. The van der Waals surface area contributed by atoms with E-state index in [2.05, 4.69) is 10.5 Å². The van der Waals surface area contributed by atoms with Crippen molar-refractivity contribution in [2.75, 3.05) is 13.7 Å². The first-order chi connectivity index (χ1) is 14.2. The number of ether oxygens (including phenoxy) is 1. The number of nitrogens with zero attached hydrogens (tertiary/aromatic N) is 2. The van der Waals surface area contributed by atoms with E-state index < -0.39 is 0 Å². The number of nitrogens with one attached hydrogen (secondary N) is 1. The topological polar surface area (TPSA) is 63.2 Å². The third-order valence-electron chi connectivity index (χ3n) is 4.61. The second kappa shape index (κ2) is 9.39. The van der Waals surface area contributed by atoms with Gasteiger partial charge in [0.1, 0.15) is 5.75 Å². The van der Waals surface area contributed by atoms with Gasteiger partial charge >= 0.3 is 6.03 Å². The molecule has 0 radical (unpaired) electrons. The SMILES string of the molecule is COc1ccc(C2=NO[C@@H](CN(Cc3cccc(Cl)c3)C(=O)NC(C)(C)C)C2)cc1. The second-order valence-electron chi connectivity index (χ2n) is 8.39. The fraction of sp³-hybridized carbons (Fsp3) is 0.391. The first kappa shape index (κ1) is 22.0. The van der Waals surface area contributed by atoms with Gasteiger partial charge in [-0.3, -0.25) is 0 Å². The number of benzene rings is 2. The summed E-state index contributed by atoms with van der Waals surface area (Å²) < 4.78 is 5.21. The van der Waals surface area contributed by atoms with E-state index in [0.717, 1.165) is 22.6 Å². The molecule has 0 bridgehead atoms. The fourth-order valence-corrected chi connectivity index (χ4v) is 3.41. The van der Waals surface area contributed by atoms with Crippen molar-refractivity contribution < 1.29 is 14.4 Å². The number of carbonyl (C=O) groups is 1. The summed E-state index contributed by atoms with van der Waals surface area (Å²) >= 11 is 6.12. The summed E-state index contributed by atoms with van der Waals surface area (Å²) in [6, 6.07) is 15.1. The van der Waals surface area contributed by atoms with Crippen molar-refractivity contribution in [2.24, 2.45) is 5.16 Å². The zero-order valence-corrected chi connectivity index (χ0v) is 18.6. The molecule has 0 saturated heterocycles. The number of methoxy groups -OCH3 is 1. The molecule has 2 aromatic rings. The Morgan fingerprint density at radius 3 is 2.63 bits per heavy atom. The van der Waals surface area contributed by atoms with Crippen molar-refractivity contribution in [1.82, 2.24) is 10.2 Å². The van der Waals surface area contributed by atoms with Gasteiger partial charge in [-0.15, -0.1) is 0 Å². The highest BCUT2D eigenvalue weighted by molar-refractivity contribution is 6.30. The van der Waals surface area contributed by atoms with Crippen LogP contribution < -0.4 is 10.1 Å². The van der Waals surface area contributed by atoms with Crippen LogP contribution in [-0.4, -0.2) is 41.9 Å². The van der Waals surface area contributed by atoms with Gasteiger partial charge in [-0.25, -0.2) is 4.79 Å². The average molecular weight is 430 g/mol. The molecule has 0 saturated carbocycles. The molecule has 2 aromatic carbocycles. The molecule has 1 aliphatic heterocycles. The van der Waals surface area contributed by atoms with E-state index in [1.54, 1.807) is 12.0 Å². The van der Waals surface area contributed by atoms with Crippen molar-refractivity contribution >= 4 is 23.3 Å². The van der Waals surface area contributed by atoms with Crippen LogP contribution in [0.25, 0.3) is 0 Å². The summed E-state index contributed by atoms with van der Waals surface area (Å²) in [5.41, 5.74) is 2.46. The summed E-state index contributed by atoms with van der Waals surface area (Å²) in [5, 5.41) is 7.92. The molecule has 30 heavy (non-hydrogen) atoms. The Morgan fingerprint density at radius 2 is 2.00 bits per heavy atom. The lowest BCUT2D eigenvalue weighted by Crippen LogP contribution is -2.50. The van der Waals surface area contributed by atoms with Gasteiger partial charge < -0.3 is 19.8 Å². The van der Waals surface area contributed by atoms with E-state index in [9.17, 15) is 4.79 Å². The molecule has 0 spiro atoms. The molecule has 1 heterocycles. The predicted octanol–water partition coefficient (Wildman–Crippen LogP) is 4.85. The number of rotatable bonds is 6. The summed E-state index contributed by atoms with van der Waals surface area (Å²) in [6.07, 6.45) is 0.410. The third-order valence-corrected chi connectivity index (χ3v) is 4.85. The first-order valence-corrected chi connectivity index (χ1v) is 10.3. The molecule has 0 aromatic heterocycles. The molecule has 160 valence electrons. The van der Waals surface area contributed by atoms with Crippen LogP contribution >= 0.6 is 11.6 Å². The van der Waals surface area contributed by atoms with Gasteiger partial charge in [-0.2, -0.15) is 0 Å². The normalized spacial score (nSPS) is 15.9. The van der Waals surface area contributed by atoms with Crippen LogP contribution in [0.15, 0.2) is 53.7 Å². The zero-order valence-electron chi connectivity index (χ0n) is 17.8. The van der Waals surface area contributed by atoms with Gasteiger partial charge in [0, 0.05) is 23.5 Å². The largest absolute Gasteiger partial charge is 0.497 e. The minimum absolute atomic E-state index is 0.149. The van der Waals surface area contributed by atoms with E-state index in [0.29, 0.717) is 24.5 Å². The molecule has 1 N–H and O–H groups in total. The van der Waals surface area contributed by atoms with Gasteiger partial charge in [-0.05, 0) is 68.3 Å². The number of urea groups is 1. The number of oxime groups is 1. The molecule has 1 atom stereocenters. The third kappa shape index (κ3) is 6.13. The lowest BCUT2D eigenvalue weighted by atomic mass is 10.0. The van der Waals surface area contributed by atoms with Crippen molar-refractivity contribution in [3.8, 4) is 5.75 Å². The maximum Gasteiger partial charge on any atom is 0.318 e. The molecule has 0 fully saturated rings. The summed E-state index contributed by atoms with van der Waals surface area (Å²) in [4.78, 5) is 20.3. The molecule has 0 aliphatic carbocycles. The lowest BCUT2D eigenvalue weighted by molar-refractivity contribution is 0.0580. The van der Waals surface area contributed by atoms with Crippen LogP contribution in [0.4, 0.5) is 4.79 Å². The fourth-order valence-electron chi connectivity index (χ4n) is 3.20. The van der Waals surface area contributed by atoms with Crippen LogP contribution in [-0.2, 0) is 11.4 Å². The van der Waals surface area contributed by atoms with Gasteiger partial charge in [-0.1, -0.05) is 28.9 Å². The Kier molecular flexibility index (Phi) is 6.87. The summed E-state index contributed by atoms with van der Waals surface area (Å²) in [7, 11) is 1.64. The minimum Gasteiger partial charge on any atom is -0.497 e. The zero-order chi connectivity index (χ0) is 21.7. The van der Waals surface area contributed by atoms with Gasteiger partial charge in [0.25, 0.3) is 0 Å². The Balaban J connectivity index is 1.69. The van der Waals surface area contributed by atoms with E-state index in [-0.39, 0.29) is 17.7 Å². The molecule has 3 rings (SSSR count). The molecular weight excluding hydrogens is 402 g/mol. The summed E-state index contributed by atoms with van der Waals surface area (Å²) in [5.74, 6) is 0.793. The van der Waals surface area contributed by atoms with Crippen molar-refractivity contribution in [3.63, 3.8) is 0 Å². The first-order valence-electron chi connectivity index (χ1n) is 9.92. The quantitative estimate of drug-likeness (QED) is 0.713. The number of amides is 2. The molecule has 6 nitrogen and oxygen atoms in total. The maximum atomic E-state index is 12.9. The van der Waals surface area contributed by atoms with Crippen molar-refractivity contribution in [2.45, 2.75) is 45.4 Å². The Labute approximate surface area is 182 Å². The standard InChI is InChI=1S/C23H28ClN3O3/c1-23(2,3)25-22(28)27(14-16-6-5-7-18(24)12-16)15-20-13-21(26-30-20)17-8-10-19(29-4)11-9-17/h5-12,20H,13-15H2,1-4H3,(H,25,28)/t20-/m1/s1. The minimum atomic E-state index is -0.342.